The quantitative estimate of drug-likeness (QED) is 0.795. The van der Waals surface area contributed by atoms with Gasteiger partial charge in [-0.2, -0.15) is 0 Å². The second-order valence-corrected chi connectivity index (χ2v) is 5.27. The normalized spacial score (nSPS) is 13.2. The molecule has 126 valence electrons. The summed E-state index contributed by atoms with van der Waals surface area (Å²) in [5.41, 5.74) is 0.997. The first kappa shape index (κ1) is 15.9. The smallest absolute Gasteiger partial charge is 0.315 e. The van der Waals surface area contributed by atoms with Crippen molar-refractivity contribution >= 4 is 6.03 Å². The number of carbonyl (C=O) groups is 1. The van der Waals surface area contributed by atoms with Crippen LogP contribution in [0.25, 0.3) is 0 Å². The Labute approximate surface area is 139 Å². The lowest BCUT2D eigenvalue weighted by atomic mass is 10.1. The summed E-state index contributed by atoms with van der Waals surface area (Å²) < 4.78 is 16.1. The fourth-order valence-electron chi connectivity index (χ4n) is 2.28. The highest BCUT2D eigenvalue weighted by Gasteiger charge is 2.13. The standard InChI is InChI=1S/C17H19N3O4/c1-12(13-4-6-18-7-5-13)20-17(21)19-8-9-22-14-2-3-15-16(10-14)24-11-23-15/h2-7,10,12H,8-9,11H2,1H3,(H2,19,20,21). The average molecular weight is 329 g/mol. The fraction of sp³-hybridized carbons (Fsp3) is 0.294. The van der Waals surface area contributed by atoms with Gasteiger partial charge in [-0.05, 0) is 36.8 Å². The summed E-state index contributed by atoms with van der Waals surface area (Å²) in [6.07, 6.45) is 3.40. The summed E-state index contributed by atoms with van der Waals surface area (Å²) >= 11 is 0. The molecule has 1 aliphatic rings. The predicted octanol–water partition coefficient (Wildman–Crippen LogP) is 2.25. The number of rotatable bonds is 6. The summed E-state index contributed by atoms with van der Waals surface area (Å²) in [5, 5.41) is 5.62. The Bertz CT molecular complexity index is 693. The molecular formula is C17H19N3O4. The number of hydrogen-bond acceptors (Lipinski definition) is 5. The molecule has 1 atom stereocenters. The number of fused-ring (bicyclic) bond motifs is 1. The van der Waals surface area contributed by atoms with Crippen molar-refractivity contribution in [1.29, 1.82) is 0 Å². The van der Waals surface area contributed by atoms with Crippen LogP contribution in [0.5, 0.6) is 17.2 Å². The molecule has 0 fully saturated rings. The summed E-state index contributed by atoms with van der Waals surface area (Å²) in [6.45, 7) is 2.90. The first-order valence-corrected chi connectivity index (χ1v) is 7.69. The van der Waals surface area contributed by atoms with Crippen molar-refractivity contribution in [2.45, 2.75) is 13.0 Å². The molecule has 0 radical (unpaired) electrons. The van der Waals surface area contributed by atoms with E-state index in [1.807, 2.05) is 19.1 Å². The van der Waals surface area contributed by atoms with Gasteiger partial charge >= 0.3 is 6.03 Å². The molecule has 7 nitrogen and oxygen atoms in total. The average Bonchev–Trinajstić information content (AvgIpc) is 3.07. The van der Waals surface area contributed by atoms with Gasteiger partial charge in [0.1, 0.15) is 12.4 Å². The maximum Gasteiger partial charge on any atom is 0.315 e. The van der Waals surface area contributed by atoms with Crippen LogP contribution in [0.2, 0.25) is 0 Å². The van der Waals surface area contributed by atoms with E-state index in [-0.39, 0.29) is 18.9 Å². The highest BCUT2D eigenvalue weighted by Crippen LogP contribution is 2.34. The lowest BCUT2D eigenvalue weighted by Gasteiger charge is -2.15. The van der Waals surface area contributed by atoms with Crippen LogP contribution in [-0.2, 0) is 0 Å². The molecule has 2 amide bonds. The number of nitrogens with one attached hydrogen (secondary N) is 2. The number of aromatic nitrogens is 1. The van der Waals surface area contributed by atoms with Crippen LogP contribution in [0.3, 0.4) is 0 Å². The van der Waals surface area contributed by atoms with Crippen molar-refractivity contribution < 1.29 is 19.0 Å². The number of hydrogen-bond donors (Lipinski definition) is 2. The molecule has 3 rings (SSSR count). The third-order valence-electron chi connectivity index (χ3n) is 3.55. The van der Waals surface area contributed by atoms with E-state index in [1.54, 1.807) is 30.6 Å². The number of benzene rings is 1. The maximum absolute atomic E-state index is 11.9. The van der Waals surface area contributed by atoms with Gasteiger partial charge in [0, 0.05) is 18.5 Å². The molecule has 0 spiro atoms. The number of pyridine rings is 1. The number of nitrogens with zero attached hydrogens (tertiary/aromatic N) is 1. The molecule has 24 heavy (non-hydrogen) atoms. The molecule has 0 saturated carbocycles. The van der Waals surface area contributed by atoms with E-state index in [0.29, 0.717) is 30.4 Å². The van der Waals surface area contributed by atoms with Crippen LogP contribution in [-0.4, -0.2) is 31.0 Å². The number of carbonyl (C=O) groups excluding carboxylic acids is 1. The van der Waals surface area contributed by atoms with Gasteiger partial charge in [-0.15, -0.1) is 0 Å². The van der Waals surface area contributed by atoms with Gasteiger partial charge in [0.15, 0.2) is 11.5 Å². The largest absolute Gasteiger partial charge is 0.492 e. The highest BCUT2D eigenvalue weighted by atomic mass is 16.7. The zero-order chi connectivity index (χ0) is 16.8. The first-order chi connectivity index (χ1) is 11.7. The van der Waals surface area contributed by atoms with Gasteiger partial charge < -0.3 is 24.8 Å². The van der Waals surface area contributed by atoms with Crippen molar-refractivity contribution in [1.82, 2.24) is 15.6 Å². The molecule has 2 aromatic rings. The molecule has 1 aliphatic heterocycles. The molecule has 1 aromatic carbocycles. The van der Waals surface area contributed by atoms with E-state index in [9.17, 15) is 4.79 Å². The summed E-state index contributed by atoms with van der Waals surface area (Å²) in [4.78, 5) is 15.8. The lowest BCUT2D eigenvalue weighted by Crippen LogP contribution is -2.38. The zero-order valence-corrected chi connectivity index (χ0v) is 13.3. The molecular weight excluding hydrogens is 310 g/mol. The minimum Gasteiger partial charge on any atom is -0.492 e. The minimum absolute atomic E-state index is 0.0946. The fourth-order valence-corrected chi connectivity index (χ4v) is 2.28. The Hall–Kier alpha value is -2.96. The van der Waals surface area contributed by atoms with E-state index in [0.717, 1.165) is 5.56 Å². The third-order valence-corrected chi connectivity index (χ3v) is 3.55. The Kier molecular flexibility index (Phi) is 5.00. The van der Waals surface area contributed by atoms with Crippen LogP contribution in [0, 0.1) is 0 Å². The van der Waals surface area contributed by atoms with Crippen molar-refractivity contribution in [3.8, 4) is 17.2 Å². The predicted molar refractivity (Wildman–Crippen MR) is 87.2 cm³/mol. The van der Waals surface area contributed by atoms with Crippen molar-refractivity contribution in [2.24, 2.45) is 0 Å². The van der Waals surface area contributed by atoms with Gasteiger partial charge in [0.05, 0.1) is 12.6 Å². The monoisotopic (exact) mass is 329 g/mol. The Balaban J connectivity index is 1.38. The number of ether oxygens (including phenoxy) is 3. The van der Waals surface area contributed by atoms with Gasteiger partial charge in [-0.1, -0.05) is 0 Å². The van der Waals surface area contributed by atoms with E-state index in [2.05, 4.69) is 15.6 Å². The molecule has 7 heteroatoms. The van der Waals surface area contributed by atoms with E-state index in [1.165, 1.54) is 0 Å². The number of amides is 2. The van der Waals surface area contributed by atoms with Crippen LogP contribution in [0.4, 0.5) is 4.79 Å². The van der Waals surface area contributed by atoms with E-state index in [4.69, 9.17) is 14.2 Å². The van der Waals surface area contributed by atoms with E-state index < -0.39 is 0 Å². The van der Waals surface area contributed by atoms with Gasteiger partial charge in [-0.3, -0.25) is 4.98 Å². The third kappa shape index (κ3) is 4.07. The first-order valence-electron chi connectivity index (χ1n) is 7.69. The molecule has 1 unspecified atom stereocenters. The molecule has 0 saturated heterocycles. The molecule has 0 bridgehead atoms. The topological polar surface area (TPSA) is 81.7 Å². The van der Waals surface area contributed by atoms with Crippen LogP contribution in [0.15, 0.2) is 42.7 Å². The molecule has 1 aromatic heterocycles. The van der Waals surface area contributed by atoms with E-state index >= 15 is 0 Å². The molecule has 2 N–H and O–H groups in total. The van der Waals surface area contributed by atoms with Crippen molar-refractivity contribution in [3.63, 3.8) is 0 Å². The molecule has 2 heterocycles. The lowest BCUT2D eigenvalue weighted by molar-refractivity contribution is 0.173. The van der Waals surface area contributed by atoms with Crippen LogP contribution in [0.1, 0.15) is 18.5 Å². The SMILES string of the molecule is CC(NC(=O)NCCOc1ccc2c(c1)OCO2)c1ccncc1. The van der Waals surface area contributed by atoms with Gasteiger partial charge in [-0.25, -0.2) is 4.79 Å². The maximum atomic E-state index is 11.9. The van der Waals surface area contributed by atoms with Crippen molar-refractivity contribution in [3.05, 3.63) is 48.3 Å². The van der Waals surface area contributed by atoms with Crippen molar-refractivity contribution in [2.75, 3.05) is 19.9 Å². The summed E-state index contributed by atoms with van der Waals surface area (Å²) in [5.74, 6) is 2.06. The Morgan fingerprint density at radius 1 is 1.25 bits per heavy atom. The second kappa shape index (κ2) is 7.54. The summed E-state index contributed by atoms with van der Waals surface area (Å²) in [7, 11) is 0. The minimum atomic E-state index is -0.242. The van der Waals surface area contributed by atoms with Crippen LogP contribution >= 0.6 is 0 Å². The Morgan fingerprint density at radius 3 is 2.88 bits per heavy atom. The van der Waals surface area contributed by atoms with Gasteiger partial charge in [0.2, 0.25) is 6.79 Å². The Morgan fingerprint density at radius 2 is 2.04 bits per heavy atom. The second-order valence-electron chi connectivity index (χ2n) is 5.27. The van der Waals surface area contributed by atoms with Crippen LogP contribution < -0.4 is 24.8 Å². The number of urea groups is 1. The molecule has 0 aliphatic carbocycles. The zero-order valence-electron chi connectivity index (χ0n) is 13.3. The highest BCUT2D eigenvalue weighted by molar-refractivity contribution is 5.74. The summed E-state index contributed by atoms with van der Waals surface area (Å²) in [6, 6.07) is 8.78. The van der Waals surface area contributed by atoms with Gasteiger partial charge in [0.25, 0.3) is 0 Å².